The summed E-state index contributed by atoms with van der Waals surface area (Å²) in [5.74, 6) is -0.407. The second-order valence-corrected chi connectivity index (χ2v) is 11.3. The molecule has 0 radical (unpaired) electrons. The molecule has 0 spiro atoms. The predicted molar refractivity (Wildman–Crippen MR) is 74.9 cm³/mol. The third-order valence-electron chi connectivity index (χ3n) is 2.54. The lowest BCUT2D eigenvalue weighted by atomic mass is 10.4. The third-order valence-corrected chi connectivity index (χ3v) is 4.57. The minimum absolute atomic E-state index is 0.279. The maximum atomic E-state index is 11.5. The van der Waals surface area contributed by atoms with Crippen LogP contribution < -0.4 is 0 Å². The average molecular weight is 290 g/mol. The van der Waals surface area contributed by atoms with Gasteiger partial charge in [0, 0.05) is 6.61 Å². The molecule has 0 unspecified atom stereocenters. The first-order valence-electron chi connectivity index (χ1n) is 5.86. The Labute approximate surface area is 114 Å². The quantitative estimate of drug-likeness (QED) is 0.458. The maximum absolute atomic E-state index is 11.5. The summed E-state index contributed by atoms with van der Waals surface area (Å²) in [6, 6.07) is 4.38. The van der Waals surface area contributed by atoms with Crippen molar-refractivity contribution in [1.29, 1.82) is 0 Å². The maximum Gasteiger partial charge on any atom is 0.354 e. The molecule has 103 valence electrons. The van der Waals surface area contributed by atoms with E-state index in [9.17, 15) is 4.79 Å². The Bertz CT molecular complexity index is 412. The number of nitrogens with zero attached hydrogens (tertiary/aromatic N) is 1. The highest BCUT2D eigenvalue weighted by atomic mass is 35.5. The molecule has 0 amide bonds. The molecule has 1 rings (SSSR count). The Balaban J connectivity index is 2.56. The number of methoxy groups -OCH3 is 1. The van der Waals surface area contributed by atoms with Gasteiger partial charge in [-0.2, -0.15) is 19.6 Å². The number of hydrogen-bond acceptors (Lipinski definition) is 3. The van der Waals surface area contributed by atoms with Gasteiger partial charge in [0.1, 0.15) is 17.6 Å². The van der Waals surface area contributed by atoms with E-state index >= 15 is 0 Å². The molecule has 1 aromatic heterocycles. The number of rotatable bonds is 6. The molecule has 1 heterocycles. The second kappa shape index (κ2) is 6.40. The van der Waals surface area contributed by atoms with Crippen LogP contribution in [0.5, 0.6) is 0 Å². The lowest BCUT2D eigenvalue weighted by Crippen LogP contribution is -2.22. The van der Waals surface area contributed by atoms with Crippen molar-refractivity contribution in [1.82, 2.24) is 4.57 Å². The molecule has 6 heteroatoms. The van der Waals surface area contributed by atoms with Crippen molar-refractivity contribution < 1.29 is 14.3 Å². The second-order valence-electron chi connectivity index (χ2n) is 5.31. The fraction of sp³-hybridized carbons (Fsp3) is 0.583. The van der Waals surface area contributed by atoms with E-state index in [0.717, 1.165) is 6.04 Å². The molecule has 0 atom stereocenters. The summed E-state index contributed by atoms with van der Waals surface area (Å²) < 4.78 is 11.9. The zero-order valence-corrected chi connectivity index (χ0v) is 13.1. The van der Waals surface area contributed by atoms with Crippen LogP contribution in [0.1, 0.15) is 10.5 Å². The Morgan fingerprint density at radius 2 is 2.06 bits per heavy atom. The van der Waals surface area contributed by atoms with E-state index in [1.54, 1.807) is 16.7 Å². The van der Waals surface area contributed by atoms with Gasteiger partial charge in [-0.05, 0) is 12.1 Å². The van der Waals surface area contributed by atoms with Crippen LogP contribution in [-0.4, -0.2) is 32.3 Å². The van der Waals surface area contributed by atoms with Crippen LogP contribution in [0.3, 0.4) is 0 Å². The van der Waals surface area contributed by atoms with Crippen LogP contribution in [0.4, 0.5) is 0 Å². The Morgan fingerprint density at radius 3 is 2.61 bits per heavy atom. The monoisotopic (exact) mass is 289 g/mol. The lowest BCUT2D eigenvalue weighted by Gasteiger charge is -2.26. The van der Waals surface area contributed by atoms with E-state index in [1.165, 1.54) is 7.11 Å². The molecule has 0 bridgehead atoms. The summed E-state index contributed by atoms with van der Waals surface area (Å²) in [6.45, 7) is 7.84. The lowest BCUT2D eigenvalue weighted by molar-refractivity contribution is 0.0541. The van der Waals surface area contributed by atoms with Crippen molar-refractivity contribution in [3.8, 4) is 0 Å². The first-order chi connectivity index (χ1) is 8.35. The zero-order valence-electron chi connectivity index (χ0n) is 11.3. The normalized spacial score (nSPS) is 11.6. The van der Waals surface area contributed by atoms with Crippen molar-refractivity contribution in [2.45, 2.75) is 32.4 Å². The first kappa shape index (κ1) is 15.3. The summed E-state index contributed by atoms with van der Waals surface area (Å²) in [7, 11) is 0.253. The summed E-state index contributed by atoms with van der Waals surface area (Å²) >= 11 is 6.00. The molecular weight excluding hydrogens is 270 g/mol. The molecule has 0 fully saturated rings. The zero-order chi connectivity index (χ0) is 13.8. The Kier molecular flexibility index (Phi) is 5.43. The molecule has 0 saturated carbocycles. The van der Waals surface area contributed by atoms with Crippen molar-refractivity contribution >= 4 is 25.6 Å². The number of hydrogen-bond donors (Lipinski definition) is 0. The van der Waals surface area contributed by atoms with Crippen LogP contribution in [0, 0.1) is 0 Å². The molecule has 0 aromatic carbocycles. The molecule has 0 aliphatic rings. The summed E-state index contributed by atoms with van der Waals surface area (Å²) in [6.07, 6.45) is 0. The van der Waals surface area contributed by atoms with Gasteiger partial charge in [0.15, 0.2) is 0 Å². The van der Waals surface area contributed by atoms with Gasteiger partial charge in [-0.3, -0.25) is 0 Å². The number of ether oxygens (including phenoxy) is 2. The largest absolute Gasteiger partial charge is 0.464 e. The number of aromatic nitrogens is 1. The van der Waals surface area contributed by atoms with Crippen molar-refractivity contribution in [3.05, 3.63) is 23.0 Å². The topological polar surface area (TPSA) is 40.5 Å². The van der Waals surface area contributed by atoms with E-state index in [2.05, 4.69) is 24.4 Å². The fourth-order valence-corrected chi connectivity index (χ4v) is 2.35. The highest BCUT2D eigenvalue weighted by Crippen LogP contribution is 2.16. The molecule has 1 aromatic rings. The number of carbonyl (C=O) groups excluding carboxylic acids is 1. The first-order valence-corrected chi connectivity index (χ1v) is 9.95. The minimum atomic E-state index is -1.09. The smallest absolute Gasteiger partial charge is 0.354 e. The van der Waals surface area contributed by atoms with Gasteiger partial charge in [-0.15, -0.1) is 14.1 Å². The molecule has 0 aliphatic carbocycles. The van der Waals surface area contributed by atoms with Crippen LogP contribution >= 0.6 is 11.6 Å². The van der Waals surface area contributed by atoms with E-state index in [-0.39, 0.29) is 6.73 Å². The van der Waals surface area contributed by atoms with Crippen molar-refractivity contribution in [2.75, 3.05) is 13.7 Å². The number of esters is 1. The van der Waals surface area contributed by atoms with Gasteiger partial charge >= 0.3 is 5.97 Å². The van der Waals surface area contributed by atoms with E-state index in [1.807, 2.05) is 0 Å². The summed E-state index contributed by atoms with van der Waals surface area (Å²) in [5.41, 5.74) is 0.413. The average Bonchev–Trinajstić information content (AvgIpc) is 2.64. The van der Waals surface area contributed by atoms with Crippen LogP contribution in [0.15, 0.2) is 12.1 Å². The van der Waals surface area contributed by atoms with Gasteiger partial charge in [-0.1, -0.05) is 11.6 Å². The minimum Gasteiger partial charge on any atom is -0.464 e. The summed E-state index contributed by atoms with van der Waals surface area (Å²) in [5, 5.41) is 0.475. The highest BCUT2D eigenvalue weighted by Gasteiger charge is 2.14. The van der Waals surface area contributed by atoms with Crippen LogP contribution in [-0.2, 0) is 16.2 Å². The molecule has 0 aliphatic heterocycles. The van der Waals surface area contributed by atoms with Gasteiger partial charge in [-0.25, -0.2) is 4.79 Å². The van der Waals surface area contributed by atoms with Gasteiger partial charge in [0.05, 0.1) is 7.11 Å². The molecule has 4 nitrogen and oxygen atoms in total. The van der Waals surface area contributed by atoms with E-state index < -0.39 is 14.0 Å². The van der Waals surface area contributed by atoms with Gasteiger partial charge in [0.25, 0.3) is 0 Å². The van der Waals surface area contributed by atoms with E-state index in [0.29, 0.717) is 17.5 Å². The predicted octanol–water partition coefficient (Wildman–Crippen LogP) is 3.24. The molecular formula is C12H20ClNO3Si-. The summed E-state index contributed by atoms with van der Waals surface area (Å²) in [4.78, 5) is 11.5. The number of carbonyl (C=O) groups is 1. The third kappa shape index (κ3) is 4.47. The SMILES string of the molecule is COC(=O)c1ccc(Cl)n1COCC[Si-](C)(C)C. The van der Waals surface area contributed by atoms with E-state index in [4.69, 9.17) is 16.3 Å². The highest BCUT2D eigenvalue weighted by molar-refractivity contribution is 6.76. The van der Waals surface area contributed by atoms with Crippen molar-refractivity contribution in [3.63, 3.8) is 0 Å². The fourth-order valence-electron chi connectivity index (χ4n) is 1.39. The molecule has 0 saturated heterocycles. The molecule has 18 heavy (non-hydrogen) atoms. The Hall–Kier alpha value is -0.783. The van der Waals surface area contributed by atoms with Crippen molar-refractivity contribution in [2.24, 2.45) is 0 Å². The number of halogens is 1. The van der Waals surface area contributed by atoms with Gasteiger partial charge in [0.2, 0.25) is 0 Å². The van der Waals surface area contributed by atoms with Crippen LogP contribution in [0.2, 0.25) is 30.8 Å². The van der Waals surface area contributed by atoms with Crippen LogP contribution in [0.25, 0.3) is 0 Å². The Morgan fingerprint density at radius 1 is 1.39 bits per heavy atom. The van der Waals surface area contributed by atoms with Gasteiger partial charge < -0.3 is 14.0 Å². The molecule has 0 N–H and O–H groups in total. The standard InChI is InChI=1S/C12H20ClNO3Si/c1-16-12(15)10-5-6-11(13)14(10)9-17-7-8-18(2,3)4/h5-6H,7-9H2,1-4H3/q-1.